The normalized spacial score (nSPS) is 10.3. The van der Waals surface area contributed by atoms with Gasteiger partial charge < -0.3 is 11.5 Å². The number of primary amides is 2. The van der Waals surface area contributed by atoms with Crippen molar-refractivity contribution in [3.63, 3.8) is 0 Å². The number of rotatable bonds is 3. The lowest BCUT2D eigenvalue weighted by atomic mass is 9.91. The highest BCUT2D eigenvalue weighted by atomic mass is 35.5. The molecule has 0 aliphatic rings. The summed E-state index contributed by atoms with van der Waals surface area (Å²) in [5, 5.41) is 0.539. The number of carbonyl (C=O) groups is 2. The third kappa shape index (κ3) is 2.38. The standard InChI is InChI=1S/C15H13ClN2O2/c1-8-9(4-3-7-12(8)16)13-10(14(17)19)5-2-6-11(13)15(18)20/h2-7H,1H3,(H2,17,19)(H2,18,20). The van der Waals surface area contributed by atoms with E-state index in [2.05, 4.69) is 0 Å². The van der Waals surface area contributed by atoms with Crippen LogP contribution in [0.15, 0.2) is 36.4 Å². The Labute approximate surface area is 121 Å². The summed E-state index contributed by atoms with van der Waals surface area (Å²) in [7, 11) is 0. The van der Waals surface area contributed by atoms with Gasteiger partial charge in [-0.25, -0.2) is 0 Å². The average Bonchev–Trinajstić information content (AvgIpc) is 2.41. The van der Waals surface area contributed by atoms with E-state index in [4.69, 9.17) is 23.1 Å². The molecule has 0 bridgehead atoms. The highest BCUT2D eigenvalue weighted by Crippen LogP contribution is 2.33. The van der Waals surface area contributed by atoms with Gasteiger partial charge in [-0.05, 0) is 36.2 Å². The molecular formula is C15H13ClN2O2. The fourth-order valence-corrected chi connectivity index (χ4v) is 2.31. The molecule has 0 atom stereocenters. The summed E-state index contributed by atoms with van der Waals surface area (Å²) < 4.78 is 0. The number of nitrogens with two attached hydrogens (primary N) is 2. The minimum atomic E-state index is -0.623. The zero-order valence-corrected chi connectivity index (χ0v) is 11.6. The van der Waals surface area contributed by atoms with E-state index < -0.39 is 11.8 Å². The Balaban J connectivity index is 2.87. The number of benzene rings is 2. The Kier molecular flexibility index (Phi) is 3.77. The molecule has 0 heterocycles. The van der Waals surface area contributed by atoms with E-state index in [9.17, 15) is 9.59 Å². The minimum Gasteiger partial charge on any atom is -0.366 e. The van der Waals surface area contributed by atoms with Gasteiger partial charge in [0.15, 0.2) is 0 Å². The summed E-state index contributed by atoms with van der Waals surface area (Å²) in [5.74, 6) is -1.25. The van der Waals surface area contributed by atoms with Crippen molar-refractivity contribution in [1.82, 2.24) is 0 Å². The van der Waals surface area contributed by atoms with Gasteiger partial charge >= 0.3 is 0 Å². The zero-order valence-electron chi connectivity index (χ0n) is 10.8. The van der Waals surface area contributed by atoms with Crippen molar-refractivity contribution < 1.29 is 9.59 Å². The van der Waals surface area contributed by atoms with Crippen LogP contribution in [0.4, 0.5) is 0 Å². The van der Waals surface area contributed by atoms with Gasteiger partial charge in [0, 0.05) is 21.7 Å². The van der Waals surface area contributed by atoms with Crippen molar-refractivity contribution in [1.29, 1.82) is 0 Å². The summed E-state index contributed by atoms with van der Waals surface area (Å²) in [6.07, 6.45) is 0. The first-order valence-electron chi connectivity index (χ1n) is 5.91. The number of halogens is 1. The van der Waals surface area contributed by atoms with E-state index in [1.807, 2.05) is 0 Å². The first-order valence-corrected chi connectivity index (χ1v) is 6.29. The average molecular weight is 289 g/mol. The molecule has 102 valence electrons. The van der Waals surface area contributed by atoms with E-state index in [0.717, 1.165) is 5.56 Å². The van der Waals surface area contributed by atoms with Crippen LogP contribution in [0.3, 0.4) is 0 Å². The van der Waals surface area contributed by atoms with E-state index in [1.54, 1.807) is 43.3 Å². The van der Waals surface area contributed by atoms with Crippen LogP contribution >= 0.6 is 11.6 Å². The maximum atomic E-state index is 11.6. The van der Waals surface area contributed by atoms with Gasteiger partial charge in [0.25, 0.3) is 0 Å². The minimum absolute atomic E-state index is 0.242. The maximum absolute atomic E-state index is 11.6. The molecule has 0 aromatic heterocycles. The van der Waals surface area contributed by atoms with Gasteiger partial charge in [0.1, 0.15) is 0 Å². The lowest BCUT2D eigenvalue weighted by Crippen LogP contribution is -2.18. The van der Waals surface area contributed by atoms with Crippen molar-refractivity contribution >= 4 is 23.4 Å². The predicted molar refractivity (Wildman–Crippen MR) is 78.7 cm³/mol. The quantitative estimate of drug-likeness (QED) is 0.909. The summed E-state index contributed by atoms with van der Waals surface area (Å²) >= 11 is 6.10. The van der Waals surface area contributed by atoms with Gasteiger partial charge in [-0.15, -0.1) is 0 Å². The zero-order chi connectivity index (χ0) is 14.9. The molecule has 2 aromatic carbocycles. The first kappa shape index (κ1) is 14.1. The van der Waals surface area contributed by atoms with Gasteiger partial charge in [0.2, 0.25) is 11.8 Å². The smallest absolute Gasteiger partial charge is 0.249 e. The molecule has 0 aliphatic heterocycles. The van der Waals surface area contributed by atoms with Crippen LogP contribution in [0.2, 0.25) is 5.02 Å². The van der Waals surface area contributed by atoms with Gasteiger partial charge in [-0.3, -0.25) is 9.59 Å². The number of amides is 2. The molecule has 0 radical (unpaired) electrons. The van der Waals surface area contributed by atoms with Gasteiger partial charge in [-0.2, -0.15) is 0 Å². The summed E-state index contributed by atoms with van der Waals surface area (Å²) in [6.45, 7) is 1.81. The van der Waals surface area contributed by atoms with E-state index >= 15 is 0 Å². The Bertz CT molecular complexity index is 679. The molecule has 0 spiro atoms. The SMILES string of the molecule is Cc1c(Cl)cccc1-c1c(C(N)=O)cccc1C(N)=O. The third-order valence-corrected chi connectivity index (χ3v) is 3.54. The molecule has 4 N–H and O–H groups in total. The molecule has 0 fully saturated rings. The van der Waals surface area contributed by atoms with E-state index in [0.29, 0.717) is 16.1 Å². The number of hydrogen-bond donors (Lipinski definition) is 2. The van der Waals surface area contributed by atoms with Crippen molar-refractivity contribution in [3.05, 3.63) is 58.1 Å². The van der Waals surface area contributed by atoms with Gasteiger partial charge in [-0.1, -0.05) is 29.8 Å². The lowest BCUT2D eigenvalue weighted by Gasteiger charge is -2.14. The monoisotopic (exact) mass is 288 g/mol. The maximum Gasteiger partial charge on any atom is 0.249 e. The fourth-order valence-electron chi connectivity index (χ4n) is 2.13. The van der Waals surface area contributed by atoms with Crippen LogP contribution in [0, 0.1) is 6.92 Å². The van der Waals surface area contributed by atoms with Gasteiger partial charge in [0.05, 0.1) is 0 Å². The van der Waals surface area contributed by atoms with Crippen LogP contribution in [0.1, 0.15) is 26.3 Å². The second kappa shape index (κ2) is 5.35. The molecule has 0 saturated heterocycles. The van der Waals surface area contributed by atoms with Crippen molar-refractivity contribution in [2.45, 2.75) is 6.92 Å². The van der Waals surface area contributed by atoms with Crippen molar-refractivity contribution in [2.75, 3.05) is 0 Å². The molecule has 5 heteroatoms. The topological polar surface area (TPSA) is 86.2 Å². The molecule has 0 saturated carbocycles. The molecule has 2 amide bonds. The molecule has 0 aliphatic carbocycles. The molecule has 0 unspecified atom stereocenters. The van der Waals surface area contributed by atoms with Crippen LogP contribution in [-0.4, -0.2) is 11.8 Å². The number of hydrogen-bond acceptors (Lipinski definition) is 2. The second-order valence-corrected chi connectivity index (χ2v) is 4.78. The Morgan fingerprint density at radius 3 is 1.95 bits per heavy atom. The highest BCUT2D eigenvalue weighted by molar-refractivity contribution is 6.31. The fraction of sp³-hybridized carbons (Fsp3) is 0.0667. The van der Waals surface area contributed by atoms with Crippen LogP contribution < -0.4 is 11.5 Å². The summed E-state index contributed by atoms with van der Waals surface area (Å²) in [6, 6.07) is 9.94. The van der Waals surface area contributed by atoms with Crippen LogP contribution in [0.5, 0.6) is 0 Å². The highest BCUT2D eigenvalue weighted by Gasteiger charge is 2.19. The van der Waals surface area contributed by atoms with Crippen LogP contribution in [-0.2, 0) is 0 Å². The summed E-state index contributed by atoms with van der Waals surface area (Å²) in [4.78, 5) is 23.2. The van der Waals surface area contributed by atoms with Crippen molar-refractivity contribution in [3.8, 4) is 11.1 Å². The Morgan fingerprint density at radius 2 is 1.45 bits per heavy atom. The van der Waals surface area contributed by atoms with Crippen molar-refractivity contribution in [2.24, 2.45) is 11.5 Å². The van der Waals surface area contributed by atoms with E-state index in [1.165, 1.54) is 0 Å². The van der Waals surface area contributed by atoms with E-state index in [-0.39, 0.29) is 11.1 Å². The Hall–Kier alpha value is -2.33. The van der Waals surface area contributed by atoms with Crippen LogP contribution in [0.25, 0.3) is 11.1 Å². The third-order valence-electron chi connectivity index (χ3n) is 3.13. The molecule has 20 heavy (non-hydrogen) atoms. The molecular weight excluding hydrogens is 276 g/mol. The second-order valence-electron chi connectivity index (χ2n) is 4.37. The number of carbonyl (C=O) groups excluding carboxylic acids is 2. The molecule has 2 rings (SSSR count). The first-order chi connectivity index (χ1) is 9.43. The largest absolute Gasteiger partial charge is 0.366 e. The predicted octanol–water partition coefficient (Wildman–Crippen LogP) is 2.51. The lowest BCUT2D eigenvalue weighted by molar-refractivity contribution is 0.0999. The Morgan fingerprint density at radius 1 is 0.950 bits per heavy atom. The summed E-state index contributed by atoms with van der Waals surface area (Å²) in [5.41, 5.74) is 13.1. The molecule has 4 nitrogen and oxygen atoms in total. The molecule has 2 aromatic rings.